The van der Waals surface area contributed by atoms with Crippen LogP contribution < -0.4 is 5.32 Å². The molecule has 0 spiro atoms. The van der Waals surface area contributed by atoms with E-state index in [0.717, 1.165) is 19.8 Å². The maximum absolute atomic E-state index is 5.37. The smallest absolute Gasteiger partial charge is 0.0662 e. The molecular weight excluding hydrogens is 174 g/mol. The van der Waals surface area contributed by atoms with Crippen molar-refractivity contribution in [2.24, 2.45) is 0 Å². The lowest BCUT2D eigenvalue weighted by atomic mass is 10.1. The van der Waals surface area contributed by atoms with Gasteiger partial charge in [-0.1, -0.05) is 32.1 Å². The second-order valence-electron chi connectivity index (χ2n) is 2.87. The number of morpholine rings is 1. The number of hydrogen-bond acceptors (Lipinski definition) is 2. The molecule has 0 saturated carbocycles. The molecule has 0 aromatic rings. The van der Waals surface area contributed by atoms with Crippen molar-refractivity contribution in [1.82, 2.24) is 5.32 Å². The minimum atomic E-state index is 0.389. The number of ether oxygens (including phenoxy) is 1. The molecule has 1 saturated heterocycles. The predicted molar refractivity (Wildman–Crippen MR) is 62.5 cm³/mol. The van der Waals surface area contributed by atoms with Gasteiger partial charge in [0, 0.05) is 6.54 Å². The molecule has 82 valence electrons. The number of nitrogens with one attached hydrogen (secondary N) is 1. The lowest BCUT2D eigenvalue weighted by Gasteiger charge is -2.24. The number of rotatable bonds is 2. The molecule has 0 radical (unpaired) electrons. The van der Waals surface area contributed by atoms with Crippen LogP contribution in [0, 0.1) is 0 Å². The summed E-state index contributed by atoms with van der Waals surface area (Å²) in [6.07, 6.45) is 6.32. The van der Waals surface area contributed by atoms with Crippen molar-refractivity contribution < 1.29 is 4.74 Å². The van der Waals surface area contributed by atoms with E-state index in [1.165, 1.54) is 5.57 Å². The van der Waals surface area contributed by atoms with Crippen LogP contribution in [0.4, 0.5) is 0 Å². The monoisotopic (exact) mass is 197 g/mol. The molecule has 14 heavy (non-hydrogen) atoms. The summed E-state index contributed by atoms with van der Waals surface area (Å²) in [5.41, 5.74) is 1.32. The molecule has 1 N–H and O–H groups in total. The summed E-state index contributed by atoms with van der Waals surface area (Å²) in [5, 5.41) is 3.41. The van der Waals surface area contributed by atoms with Crippen LogP contribution in [-0.2, 0) is 4.74 Å². The third-order valence-electron chi connectivity index (χ3n) is 2.02. The molecule has 1 aliphatic heterocycles. The van der Waals surface area contributed by atoms with E-state index >= 15 is 0 Å². The minimum absolute atomic E-state index is 0.389. The van der Waals surface area contributed by atoms with Gasteiger partial charge in [-0.3, -0.25) is 0 Å². The highest BCUT2D eigenvalue weighted by molar-refractivity contribution is 5.24. The lowest BCUT2D eigenvalue weighted by molar-refractivity contribution is 0.0879. The molecule has 1 fully saturated rings. The molecule has 0 bridgehead atoms. The van der Waals surface area contributed by atoms with Gasteiger partial charge < -0.3 is 10.1 Å². The fourth-order valence-electron chi connectivity index (χ4n) is 1.39. The van der Waals surface area contributed by atoms with E-state index in [1.54, 1.807) is 0 Å². The SMILES string of the molecule is C/C=C\C(=C/C)C1COCCN1.CC. The van der Waals surface area contributed by atoms with Crippen molar-refractivity contribution in [1.29, 1.82) is 0 Å². The Morgan fingerprint density at radius 1 is 1.36 bits per heavy atom. The summed E-state index contributed by atoms with van der Waals surface area (Å²) in [5.74, 6) is 0. The van der Waals surface area contributed by atoms with Crippen molar-refractivity contribution in [3.63, 3.8) is 0 Å². The summed E-state index contributed by atoms with van der Waals surface area (Å²) in [6, 6.07) is 0.389. The Bertz CT molecular complexity index is 179. The molecular formula is C12H23NO. The predicted octanol–water partition coefficient (Wildman–Crippen LogP) is 2.52. The molecule has 0 aromatic heterocycles. The van der Waals surface area contributed by atoms with Crippen molar-refractivity contribution in [3.8, 4) is 0 Å². The van der Waals surface area contributed by atoms with Gasteiger partial charge in [-0.2, -0.15) is 0 Å². The molecule has 1 aliphatic rings. The van der Waals surface area contributed by atoms with E-state index in [0.29, 0.717) is 6.04 Å². The lowest BCUT2D eigenvalue weighted by Crippen LogP contribution is -2.42. The second-order valence-corrected chi connectivity index (χ2v) is 2.87. The molecule has 1 heterocycles. The van der Waals surface area contributed by atoms with Gasteiger partial charge in [0.05, 0.1) is 19.3 Å². The van der Waals surface area contributed by atoms with E-state index in [1.807, 2.05) is 20.8 Å². The third kappa shape index (κ3) is 4.58. The van der Waals surface area contributed by atoms with E-state index in [2.05, 4.69) is 30.5 Å². The molecule has 1 rings (SSSR count). The summed E-state index contributed by atoms with van der Waals surface area (Å²) in [6.45, 7) is 10.7. The largest absolute Gasteiger partial charge is 0.378 e. The molecule has 0 aromatic carbocycles. The van der Waals surface area contributed by atoms with Gasteiger partial charge >= 0.3 is 0 Å². The average molecular weight is 197 g/mol. The first kappa shape index (κ1) is 13.4. The van der Waals surface area contributed by atoms with E-state index in [4.69, 9.17) is 4.74 Å². The van der Waals surface area contributed by atoms with Gasteiger partial charge in [0.1, 0.15) is 0 Å². The number of hydrogen-bond donors (Lipinski definition) is 1. The van der Waals surface area contributed by atoms with Crippen molar-refractivity contribution >= 4 is 0 Å². The van der Waals surface area contributed by atoms with E-state index < -0.39 is 0 Å². The first-order valence-corrected chi connectivity index (χ1v) is 5.48. The van der Waals surface area contributed by atoms with Crippen LogP contribution in [-0.4, -0.2) is 25.8 Å². The van der Waals surface area contributed by atoms with Gasteiger partial charge in [0.15, 0.2) is 0 Å². The highest BCUT2D eigenvalue weighted by Crippen LogP contribution is 2.07. The minimum Gasteiger partial charge on any atom is -0.378 e. The van der Waals surface area contributed by atoms with Crippen molar-refractivity contribution in [2.45, 2.75) is 33.7 Å². The summed E-state index contributed by atoms with van der Waals surface area (Å²) in [7, 11) is 0. The Balaban J connectivity index is 0.000000791. The maximum Gasteiger partial charge on any atom is 0.0662 e. The Morgan fingerprint density at radius 3 is 2.50 bits per heavy atom. The maximum atomic E-state index is 5.37. The van der Waals surface area contributed by atoms with Gasteiger partial charge in [-0.15, -0.1) is 0 Å². The molecule has 1 unspecified atom stereocenters. The van der Waals surface area contributed by atoms with Crippen LogP contribution in [0.3, 0.4) is 0 Å². The Kier molecular flexibility index (Phi) is 8.59. The van der Waals surface area contributed by atoms with Crippen LogP contribution in [0.1, 0.15) is 27.7 Å². The van der Waals surface area contributed by atoms with E-state index in [-0.39, 0.29) is 0 Å². The van der Waals surface area contributed by atoms with Crippen LogP contribution >= 0.6 is 0 Å². The highest BCUT2D eigenvalue weighted by atomic mass is 16.5. The second kappa shape index (κ2) is 8.97. The first-order valence-electron chi connectivity index (χ1n) is 5.48. The topological polar surface area (TPSA) is 21.3 Å². The fraction of sp³-hybridized carbons (Fsp3) is 0.667. The van der Waals surface area contributed by atoms with Gasteiger partial charge in [-0.05, 0) is 19.4 Å². The quantitative estimate of drug-likeness (QED) is 0.687. The van der Waals surface area contributed by atoms with Gasteiger partial charge in [0.2, 0.25) is 0 Å². The molecule has 0 aliphatic carbocycles. The van der Waals surface area contributed by atoms with Gasteiger partial charge in [0.25, 0.3) is 0 Å². The van der Waals surface area contributed by atoms with Crippen LogP contribution in [0.2, 0.25) is 0 Å². The summed E-state index contributed by atoms with van der Waals surface area (Å²) < 4.78 is 5.37. The Hall–Kier alpha value is -0.600. The van der Waals surface area contributed by atoms with Crippen LogP contribution in [0.5, 0.6) is 0 Å². The zero-order valence-electron chi connectivity index (χ0n) is 9.84. The standard InChI is InChI=1S/C10H17NO.C2H6/c1-3-5-9(4-2)10-8-12-7-6-11-10;1-2/h3-5,10-11H,6-8H2,1-2H3;1-2H3/b5-3-,9-4+;. The zero-order valence-corrected chi connectivity index (χ0v) is 9.84. The Labute approximate surface area is 88.0 Å². The highest BCUT2D eigenvalue weighted by Gasteiger charge is 2.14. The van der Waals surface area contributed by atoms with E-state index in [9.17, 15) is 0 Å². The summed E-state index contributed by atoms with van der Waals surface area (Å²) >= 11 is 0. The summed E-state index contributed by atoms with van der Waals surface area (Å²) in [4.78, 5) is 0. The zero-order chi connectivity index (χ0) is 10.8. The first-order chi connectivity index (χ1) is 6.88. The average Bonchev–Trinajstić information content (AvgIpc) is 2.30. The van der Waals surface area contributed by atoms with Crippen molar-refractivity contribution in [3.05, 3.63) is 23.8 Å². The normalized spacial score (nSPS) is 23.1. The molecule has 2 heteroatoms. The molecule has 1 atom stereocenters. The molecule has 0 amide bonds. The van der Waals surface area contributed by atoms with Gasteiger partial charge in [-0.25, -0.2) is 0 Å². The van der Waals surface area contributed by atoms with Crippen LogP contribution in [0.25, 0.3) is 0 Å². The van der Waals surface area contributed by atoms with Crippen LogP contribution in [0.15, 0.2) is 23.8 Å². The molecule has 2 nitrogen and oxygen atoms in total. The Morgan fingerprint density at radius 2 is 2.07 bits per heavy atom. The van der Waals surface area contributed by atoms with Crippen molar-refractivity contribution in [2.75, 3.05) is 19.8 Å². The number of allylic oxidation sites excluding steroid dienone is 2. The fourth-order valence-corrected chi connectivity index (χ4v) is 1.39. The third-order valence-corrected chi connectivity index (χ3v) is 2.02.